The summed E-state index contributed by atoms with van der Waals surface area (Å²) in [6.07, 6.45) is -2.59. The second-order valence-electron chi connectivity index (χ2n) is 11.5. The molecule has 0 unspecified atom stereocenters. The lowest BCUT2D eigenvalue weighted by molar-refractivity contribution is -0.184. The number of aliphatic hydroxyl groups is 1. The molecule has 2 N–H and O–H groups in total. The van der Waals surface area contributed by atoms with E-state index in [-0.39, 0.29) is 48.0 Å². The lowest BCUT2D eigenvalue weighted by Gasteiger charge is -2.35. The van der Waals surface area contributed by atoms with Crippen LogP contribution in [0, 0.1) is 17.8 Å². The molecule has 6 nitrogen and oxygen atoms in total. The first-order chi connectivity index (χ1) is 18.8. The van der Waals surface area contributed by atoms with Crippen LogP contribution in [0.5, 0.6) is 0 Å². The van der Waals surface area contributed by atoms with Crippen LogP contribution in [0.1, 0.15) is 85.6 Å². The minimum Gasteiger partial charge on any atom is -0.394 e. The predicted octanol–water partition coefficient (Wildman–Crippen LogP) is 5.83. The number of rotatable bonds is 9. The Hall–Kier alpha value is -2.43. The van der Waals surface area contributed by atoms with Gasteiger partial charge in [0.25, 0.3) is 5.91 Å². The molecule has 2 atom stereocenters. The molecule has 1 amide bonds. The maximum atomic E-state index is 13.2. The molecule has 1 aliphatic carbocycles. The number of fused-ring (bicyclic) bond motifs is 1. The Morgan fingerprint density at radius 3 is 2.27 bits per heavy atom. The Morgan fingerprint density at radius 2 is 1.73 bits per heavy atom. The normalized spacial score (nSPS) is 22.8. The number of nitrogens with one attached hydrogen (secondary N) is 1. The van der Waals surface area contributed by atoms with E-state index in [0.717, 1.165) is 17.7 Å². The molecule has 220 valence electrons. The number of hydrogen-bond donors (Lipinski definition) is 2. The third-order valence-corrected chi connectivity index (χ3v) is 10.2. The largest absolute Gasteiger partial charge is 0.394 e. The molecule has 2 aromatic carbocycles. The molecule has 10 heteroatoms. The van der Waals surface area contributed by atoms with Gasteiger partial charge in [-0.1, -0.05) is 39.0 Å². The van der Waals surface area contributed by atoms with Gasteiger partial charge >= 0.3 is 6.18 Å². The van der Waals surface area contributed by atoms with Crippen molar-refractivity contribution in [3.63, 3.8) is 0 Å². The van der Waals surface area contributed by atoms with Gasteiger partial charge in [-0.25, -0.2) is 8.42 Å². The van der Waals surface area contributed by atoms with Crippen LogP contribution >= 0.6 is 0 Å². The first-order valence-electron chi connectivity index (χ1n) is 14.0. The fourth-order valence-electron chi connectivity index (χ4n) is 6.20. The van der Waals surface area contributed by atoms with Crippen molar-refractivity contribution in [3.8, 4) is 0 Å². The molecule has 0 radical (unpaired) electrons. The van der Waals surface area contributed by atoms with Gasteiger partial charge in [-0.15, -0.1) is 0 Å². The average Bonchev–Trinajstić information content (AvgIpc) is 3.28. The molecule has 2 aliphatic rings. The summed E-state index contributed by atoms with van der Waals surface area (Å²) >= 11 is 0. The average molecular weight is 581 g/mol. The topological polar surface area (TPSA) is 86.7 Å². The van der Waals surface area contributed by atoms with Crippen LogP contribution < -0.4 is 5.32 Å². The fourth-order valence-corrected chi connectivity index (χ4v) is 7.08. The molecular weight excluding hydrogens is 541 g/mol. The van der Waals surface area contributed by atoms with Crippen LogP contribution in [0.25, 0.3) is 0 Å². The second kappa shape index (κ2) is 12.2. The molecule has 40 heavy (non-hydrogen) atoms. The van der Waals surface area contributed by atoms with Crippen LogP contribution in [-0.2, 0) is 16.4 Å². The molecule has 1 heterocycles. The van der Waals surface area contributed by atoms with Gasteiger partial charge in [0.15, 0.2) is 9.84 Å². The van der Waals surface area contributed by atoms with Gasteiger partial charge in [0, 0.05) is 24.7 Å². The Morgan fingerprint density at radius 1 is 1.07 bits per heavy atom. The van der Waals surface area contributed by atoms with Gasteiger partial charge in [-0.2, -0.15) is 13.2 Å². The van der Waals surface area contributed by atoms with Crippen molar-refractivity contribution in [2.45, 2.75) is 76.2 Å². The smallest absolute Gasteiger partial charge is 0.391 e. The second-order valence-corrected chi connectivity index (χ2v) is 13.8. The fraction of sp³-hybridized carbons (Fsp3) is 0.567. The first-order valence-corrected chi connectivity index (χ1v) is 15.7. The van der Waals surface area contributed by atoms with E-state index in [2.05, 4.69) is 24.1 Å². The third-order valence-electron chi connectivity index (χ3n) is 8.43. The SMILES string of the molecule is CCS(=O)(=O)c1ccc([C@@H](CO)NC(=O)c2ccc3c(c2)CN(CC2CCC(C(F)(F)F)CC2)[C@@H]3C(C)C)cc1. The van der Waals surface area contributed by atoms with Crippen molar-refractivity contribution in [1.82, 2.24) is 10.2 Å². The number of carbonyl (C=O) groups is 1. The van der Waals surface area contributed by atoms with Crippen molar-refractivity contribution in [2.75, 3.05) is 18.9 Å². The molecule has 0 spiro atoms. The molecule has 1 fully saturated rings. The zero-order valence-electron chi connectivity index (χ0n) is 23.2. The summed E-state index contributed by atoms with van der Waals surface area (Å²) in [7, 11) is -3.35. The number of carbonyl (C=O) groups excluding carboxylic acids is 1. The van der Waals surface area contributed by atoms with Crippen molar-refractivity contribution in [1.29, 1.82) is 0 Å². The standard InChI is InChI=1S/C30H39F3N2O4S/c1-4-40(38,39)25-12-7-21(8-13-25)27(18-36)34-29(37)22-9-14-26-23(15-22)17-35(28(26)19(2)3)16-20-5-10-24(11-6-20)30(31,32)33/h7-9,12-15,19-20,24,27-28,36H,4-6,10-11,16-18H2,1-3H3,(H,34,37)/t20?,24?,27-,28-/m1/s1. The van der Waals surface area contributed by atoms with E-state index >= 15 is 0 Å². The number of benzene rings is 2. The summed E-state index contributed by atoms with van der Waals surface area (Å²) in [6, 6.07) is 11.2. The molecule has 2 aromatic rings. The number of sulfone groups is 1. The van der Waals surface area contributed by atoms with Gasteiger partial charge in [0.05, 0.1) is 29.2 Å². The molecular formula is C30H39F3N2O4S. The van der Waals surface area contributed by atoms with Crippen LogP contribution in [-0.4, -0.2) is 49.4 Å². The van der Waals surface area contributed by atoms with Crippen molar-refractivity contribution < 1.29 is 31.5 Å². The van der Waals surface area contributed by atoms with E-state index in [1.165, 1.54) is 12.1 Å². The molecule has 0 bridgehead atoms. The van der Waals surface area contributed by atoms with E-state index in [0.29, 0.717) is 36.4 Å². The lowest BCUT2D eigenvalue weighted by Crippen LogP contribution is -2.34. The number of aliphatic hydroxyl groups excluding tert-OH is 1. The maximum Gasteiger partial charge on any atom is 0.391 e. The van der Waals surface area contributed by atoms with Gasteiger partial charge in [0.2, 0.25) is 0 Å². The van der Waals surface area contributed by atoms with Crippen LogP contribution in [0.4, 0.5) is 13.2 Å². The summed E-state index contributed by atoms with van der Waals surface area (Å²) in [4.78, 5) is 15.7. The maximum absolute atomic E-state index is 13.2. The molecule has 0 aromatic heterocycles. The summed E-state index contributed by atoms with van der Waals surface area (Å²) in [5, 5.41) is 12.8. The van der Waals surface area contributed by atoms with Crippen LogP contribution in [0.2, 0.25) is 0 Å². The highest BCUT2D eigenvalue weighted by molar-refractivity contribution is 7.91. The van der Waals surface area contributed by atoms with Crippen molar-refractivity contribution in [3.05, 3.63) is 64.7 Å². The predicted molar refractivity (Wildman–Crippen MR) is 147 cm³/mol. The minimum atomic E-state index is -4.11. The van der Waals surface area contributed by atoms with Crippen LogP contribution in [0.15, 0.2) is 47.4 Å². The van der Waals surface area contributed by atoms with Crippen molar-refractivity contribution in [2.24, 2.45) is 17.8 Å². The minimum absolute atomic E-state index is 0.0148. The highest BCUT2D eigenvalue weighted by atomic mass is 32.2. The molecule has 1 aliphatic heterocycles. The zero-order valence-corrected chi connectivity index (χ0v) is 24.1. The number of alkyl halides is 3. The number of nitrogens with zero attached hydrogens (tertiary/aromatic N) is 1. The monoisotopic (exact) mass is 580 g/mol. The van der Waals surface area contributed by atoms with Crippen molar-refractivity contribution >= 4 is 15.7 Å². The van der Waals surface area contributed by atoms with Gasteiger partial charge in [-0.3, -0.25) is 9.69 Å². The summed E-state index contributed by atoms with van der Waals surface area (Å²) in [5.41, 5.74) is 3.22. The highest BCUT2D eigenvalue weighted by Gasteiger charge is 2.42. The molecule has 1 saturated carbocycles. The van der Waals surface area contributed by atoms with E-state index in [4.69, 9.17) is 0 Å². The number of hydrogen-bond acceptors (Lipinski definition) is 5. The summed E-state index contributed by atoms with van der Waals surface area (Å²) in [6.45, 7) is 6.86. The summed E-state index contributed by atoms with van der Waals surface area (Å²) < 4.78 is 63.5. The Labute approximate surface area is 234 Å². The summed E-state index contributed by atoms with van der Waals surface area (Å²) in [5.74, 6) is -1.03. The van der Waals surface area contributed by atoms with Gasteiger partial charge in [0.1, 0.15) is 0 Å². The van der Waals surface area contributed by atoms with Crippen LogP contribution in [0.3, 0.4) is 0 Å². The molecule has 0 saturated heterocycles. The quantitative estimate of drug-likeness (QED) is 0.390. The highest BCUT2D eigenvalue weighted by Crippen LogP contribution is 2.43. The number of halogens is 3. The van der Waals surface area contributed by atoms with Gasteiger partial charge in [-0.05, 0) is 78.5 Å². The zero-order chi connectivity index (χ0) is 29.2. The Balaban J connectivity index is 1.44. The third kappa shape index (κ3) is 6.71. The Kier molecular flexibility index (Phi) is 9.31. The number of amides is 1. The lowest BCUT2D eigenvalue weighted by atomic mass is 9.81. The Bertz CT molecular complexity index is 1290. The molecule has 4 rings (SSSR count). The van der Waals surface area contributed by atoms with E-state index in [1.807, 2.05) is 12.1 Å². The van der Waals surface area contributed by atoms with E-state index in [1.54, 1.807) is 25.1 Å². The first kappa shape index (κ1) is 30.5. The van der Waals surface area contributed by atoms with Gasteiger partial charge < -0.3 is 10.4 Å². The van der Waals surface area contributed by atoms with E-state index in [9.17, 15) is 31.5 Å². The van der Waals surface area contributed by atoms with E-state index < -0.39 is 28.0 Å².